The largest absolute Gasteiger partial charge is 0.391 e. The molecule has 2 aliphatic rings. The molecule has 2 fully saturated rings. The van der Waals surface area contributed by atoms with E-state index >= 15 is 0 Å². The number of hydrogen-bond acceptors (Lipinski definition) is 3. The van der Waals surface area contributed by atoms with Gasteiger partial charge in [0.25, 0.3) is 0 Å². The van der Waals surface area contributed by atoms with Crippen LogP contribution >= 0.6 is 0 Å². The minimum Gasteiger partial charge on any atom is -0.391 e. The number of rotatable bonds is 7. The number of amides is 2. The lowest BCUT2D eigenvalue weighted by Gasteiger charge is -2.40. The third-order valence-corrected chi connectivity index (χ3v) is 6.32. The second-order valence-electron chi connectivity index (χ2n) is 8.49. The van der Waals surface area contributed by atoms with Crippen LogP contribution in [0.15, 0.2) is 30.3 Å². The Labute approximate surface area is 170 Å². The fourth-order valence-corrected chi connectivity index (χ4v) is 4.49. The summed E-state index contributed by atoms with van der Waals surface area (Å²) in [5, 5.41) is 13.5. The summed E-state index contributed by atoms with van der Waals surface area (Å²) >= 11 is 0. The number of aliphatic hydroxyl groups is 1. The van der Waals surface area contributed by atoms with Gasteiger partial charge >= 0.3 is 6.03 Å². The number of hydrogen-bond donors (Lipinski definition) is 2. The zero-order valence-electron chi connectivity index (χ0n) is 17.4. The number of piperidine rings is 1. The minimum atomic E-state index is -0.445. The first-order valence-electron chi connectivity index (χ1n) is 11.2. The highest BCUT2D eigenvalue weighted by molar-refractivity contribution is 5.75. The molecule has 1 aromatic carbocycles. The molecule has 0 aromatic heterocycles. The Morgan fingerprint density at radius 3 is 2.46 bits per heavy atom. The summed E-state index contributed by atoms with van der Waals surface area (Å²) in [6.07, 6.45) is 8.06. The smallest absolute Gasteiger partial charge is 0.317 e. The molecule has 1 aliphatic carbocycles. The number of nitrogens with one attached hydrogen (secondary N) is 1. The number of carbonyl (C=O) groups excluding carboxylic acids is 1. The molecule has 2 N–H and O–H groups in total. The Kier molecular flexibility index (Phi) is 8.16. The van der Waals surface area contributed by atoms with Gasteiger partial charge in [0.2, 0.25) is 0 Å². The zero-order valence-corrected chi connectivity index (χ0v) is 17.4. The molecule has 1 heterocycles. The number of urea groups is 1. The van der Waals surface area contributed by atoms with E-state index in [1.807, 2.05) is 11.8 Å². The summed E-state index contributed by atoms with van der Waals surface area (Å²) in [6.45, 7) is 5.38. The summed E-state index contributed by atoms with van der Waals surface area (Å²) in [5.74, 6) is 0. The van der Waals surface area contributed by atoms with Crippen LogP contribution in [0, 0.1) is 0 Å². The van der Waals surface area contributed by atoms with Gasteiger partial charge in [0, 0.05) is 38.3 Å². The zero-order chi connectivity index (χ0) is 19.8. The SMILES string of the molecule is CCC(O)CN(C(=O)NC1CCCCC1)C1CCN(Cc2ccccc2)CC1. The van der Waals surface area contributed by atoms with Crippen molar-refractivity contribution in [3.05, 3.63) is 35.9 Å². The van der Waals surface area contributed by atoms with Crippen LogP contribution in [0.5, 0.6) is 0 Å². The molecule has 1 unspecified atom stereocenters. The van der Waals surface area contributed by atoms with Crippen molar-refractivity contribution in [2.24, 2.45) is 0 Å². The van der Waals surface area contributed by atoms with E-state index in [2.05, 4.69) is 40.5 Å². The summed E-state index contributed by atoms with van der Waals surface area (Å²) in [6, 6.07) is 11.1. The van der Waals surface area contributed by atoms with Crippen LogP contribution < -0.4 is 5.32 Å². The van der Waals surface area contributed by atoms with Crippen LogP contribution in [0.25, 0.3) is 0 Å². The molecule has 0 bridgehead atoms. The van der Waals surface area contributed by atoms with Crippen molar-refractivity contribution in [1.82, 2.24) is 15.1 Å². The fourth-order valence-electron chi connectivity index (χ4n) is 4.49. The highest BCUT2D eigenvalue weighted by atomic mass is 16.3. The van der Waals surface area contributed by atoms with Crippen molar-refractivity contribution in [3.8, 4) is 0 Å². The Hall–Kier alpha value is -1.59. The van der Waals surface area contributed by atoms with Crippen molar-refractivity contribution in [2.75, 3.05) is 19.6 Å². The Bertz CT molecular complexity index is 581. The van der Waals surface area contributed by atoms with Crippen LogP contribution in [0.1, 0.15) is 63.9 Å². The van der Waals surface area contributed by atoms with Crippen LogP contribution in [-0.4, -0.2) is 58.8 Å². The maximum atomic E-state index is 13.0. The summed E-state index contributed by atoms with van der Waals surface area (Å²) in [7, 11) is 0. The van der Waals surface area contributed by atoms with E-state index in [0.717, 1.165) is 45.3 Å². The van der Waals surface area contributed by atoms with Gasteiger partial charge in [-0.2, -0.15) is 0 Å². The van der Waals surface area contributed by atoms with Crippen molar-refractivity contribution in [3.63, 3.8) is 0 Å². The van der Waals surface area contributed by atoms with E-state index in [-0.39, 0.29) is 12.1 Å². The van der Waals surface area contributed by atoms with Gasteiger partial charge in [-0.05, 0) is 37.7 Å². The number of nitrogens with zero attached hydrogens (tertiary/aromatic N) is 2. The average Bonchev–Trinajstić information content (AvgIpc) is 2.74. The number of carbonyl (C=O) groups is 1. The van der Waals surface area contributed by atoms with Crippen LogP contribution in [-0.2, 0) is 6.54 Å². The molecule has 0 radical (unpaired) electrons. The monoisotopic (exact) mass is 387 g/mol. The summed E-state index contributed by atoms with van der Waals surface area (Å²) < 4.78 is 0. The van der Waals surface area contributed by atoms with Crippen LogP contribution in [0.4, 0.5) is 4.79 Å². The summed E-state index contributed by atoms with van der Waals surface area (Å²) in [5.41, 5.74) is 1.34. The number of likely N-dealkylation sites (tertiary alicyclic amines) is 1. The average molecular weight is 388 g/mol. The predicted molar refractivity (Wildman–Crippen MR) is 113 cm³/mol. The van der Waals surface area contributed by atoms with Crippen molar-refractivity contribution < 1.29 is 9.90 Å². The molecule has 156 valence electrons. The predicted octanol–water partition coefficient (Wildman–Crippen LogP) is 3.77. The third-order valence-electron chi connectivity index (χ3n) is 6.32. The molecule has 28 heavy (non-hydrogen) atoms. The van der Waals surface area contributed by atoms with Crippen LogP contribution in [0.2, 0.25) is 0 Å². The van der Waals surface area contributed by atoms with Gasteiger partial charge in [0.05, 0.1) is 6.10 Å². The molecular weight excluding hydrogens is 350 g/mol. The van der Waals surface area contributed by atoms with E-state index in [9.17, 15) is 9.90 Å². The summed E-state index contributed by atoms with van der Waals surface area (Å²) in [4.78, 5) is 17.4. The normalized spacial score (nSPS) is 20.6. The molecular formula is C23H37N3O2. The topological polar surface area (TPSA) is 55.8 Å². The maximum Gasteiger partial charge on any atom is 0.317 e. The van der Waals surface area contributed by atoms with E-state index in [1.165, 1.54) is 24.8 Å². The molecule has 0 spiro atoms. The van der Waals surface area contributed by atoms with Gasteiger partial charge < -0.3 is 15.3 Å². The molecule has 5 nitrogen and oxygen atoms in total. The lowest BCUT2D eigenvalue weighted by molar-refractivity contribution is 0.0704. The van der Waals surface area contributed by atoms with Gasteiger partial charge in [-0.1, -0.05) is 56.5 Å². The molecule has 1 saturated heterocycles. The molecule has 1 aromatic rings. The van der Waals surface area contributed by atoms with E-state index in [4.69, 9.17) is 0 Å². The van der Waals surface area contributed by atoms with Gasteiger partial charge in [0.15, 0.2) is 0 Å². The Morgan fingerprint density at radius 2 is 1.82 bits per heavy atom. The maximum absolute atomic E-state index is 13.0. The number of aliphatic hydroxyl groups excluding tert-OH is 1. The van der Waals surface area contributed by atoms with Gasteiger partial charge in [-0.15, -0.1) is 0 Å². The Morgan fingerprint density at radius 1 is 1.14 bits per heavy atom. The van der Waals surface area contributed by atoms with E-state index in [0.29, 0.717) is 19.0 Å². The lowest BCUT2D eigenvalue weighted by Crippen LogP contribution is -2.54. The fraction of sp³-hybridized carbons (Fsp3) is 0.696. The highest BCUT2D eigenvalue weighted by Gasteiger charge is 2.30. The van der Waals surface area contributed by atoms with Gasteiger partial charge in [0.1, 0.15) is 0 Å². The number of benzene rings is 1. The molecule has 1 aliphatic heterocycles. The van der Waals surface area contributed by atoms with Gasteiger partial charge in [-0.25, -0.2) is 4.79 Å². The quantitative estimate of drug-likeness (QED) is 0.749. The second kappa shape index (κ2) is 10.8. The van der Waals surface area contributed by atoms with E-state index in [1.54, 1.807) is 0 Å². The molecule has 1 saturated carbocycles. The van der Waals surface area contributed by atoms with Gasteiger partial charge in [-0.3, -0.25) is 4.90 Å². The lowest BCUT2D eigenvalue weighted by atomic mass is 9.95. The van der Waals surface area contributed by atoms with Crippen molar-refractivity contribution in [2.45, 2.75) is 83.0 Å². The Balaban J connectivity index is 1.55. The molecule has 3 rings (SSSR count). The minimum absolute atomic E-state index is 0.0286. The van der Waals surface area contributed by atoms with E-state index < -0.39 is 6.10 Å². The molecule has 1 atom stereocenters. The highest BCUT2D eigenvalue weighted by Crippen LogP contribution is 2.21. The first-order chi connectivity index (χ1) is 13.7. The first kappa shape index (κ1) is 21.1. The van der Waals surface area contributed by atoms with Crippen molar-refractivity contribution in [1.29, 1.82) is 0 Å². The van der Waals surface area contributed by atoms with Crippen LogP contribution in [0.3, 0.4) is 0 Å². The standard InChI is InChI=1S/C23H37N3O2/c1-2-22(27)18-26(23(28)24-20-11-7-4-8-12-20)21-13-15-25(16-14-21)17-19-9-5-3-6-10-19/h3,5-6,9-10,20-22,27H,2,4,7-8,11-18H2,1H3,(H,24,28). The molecule has 2 amide bonds. The molecule has 5 heteroatoms. The first-order valence-corrected chi connectivity index (χ1v) is 11.2. The third kappa shape index (κ3) is 6.21. The second-order valence-corrected chi connectivity index (χ2v) is 8.49. The van der Waals surface area contributed by atoms with Crippen molar-refractivity contribution >= 4 is 6.03 Å².